The first kappa shape index (κ1) is 45.5. The van der Waals surface area contributed by atoms with Gasteiger partial charge in [0.25, 0.3) is 11.8 Å². The summed E-state index contributed by atoms with van der Waals surface area (Å²) in [4.78, 5) is 67.1. The van der Waals surface area contributed by atoms with Crippen molar-refractivity contribution in [1.82, 2.24) is 30.2 Å². The van der Waals surface area contributed by atoms with Gasteiger partial charge < -0.3 is 29.7 Å². The highest BCUT2D eigenvalue weighted by Crippen LogP contribution is 2.50. The number of alkyl carbamates (subject to hydrolysis) is 1. The molecule has 0 spiro atoms. The van der Waals surface area contributed by atoms with Gasteiger partial charge in [0.05, 0.1) is 29.4 Å². The molecule has 1 aromatic heterocycles. The zero-order valence-corrected chi connectivity index (χ0v) is 36.6. The summed E-state index contributed by atoms with van der Waals surface area (Å²) in [6.45, 7) is 7.78. The number of sulfonamides is 1. The normalized spacial score (nSPS) is 30.9. The first-order valence-corrected chi connectivity index (χ1v) is 22.8. The molecule has 4 bridgehead atoms. The van der Waals surface area contributed by atoms with Gasteiger partial charge in [-0.15, -0.1) is 0 Å². The van der Waals surface area contributed by atoms with E-state index in [0.29, 0.717) is 31.4 Å². The summed E-state index contributed by atoms with van der Waals surface area (Å²) in [6.07, 6.45) is -4.51. The van der Waals surface area contributed by atoms with Gasteiger partial charge in [0.15, 0.2) is 5.69 Å². The molecular formula is C42H56F4N6O9S. The van der Waals surface area contributed by atoms with Crippen LogP contribution in [0.25, 0.3) is 11.0 Å². The lowest BCUT2D eigenvalue weighted by atomic mass is 9.85. The number of hydrogen-bond donors (Lipinski definition) is 3. The second kappa shape index (κ2) is 16.6. The highest BCUT2D eigenvalue weighted by Gasteiger charge is 2.65. The van der Waals surface area contributed by atoms with Crippen LogP contribution in [0, 0.1) is 23.2 Å². The van der Waals surface area contributed by atoms with Gasteiger partial charge in [-0.25, -0.2) is 32.0 Å². The average molecular weight is 897 g/mol. The van der Waals surface area contributed by atoms with Gasteiger partial charge in [0.2, 0.25) is 34.1 Å². The number of ether oxygens (including phenoxy) is 3. The van der Waals surface area contributed by atoms with Crippen LogP contribution in [0.1, 0.15) is 111 Å². The molecule has 0 radical (unpaired) electrons. The van der Waals surface area contributed by atoms with Crippen LogP contribution in [-0.2, 0) is 35.1 Å². The minimum atomic E-state index is -4.26. The van der Waals surface area contributed by atoms with Gasteiger partial charge in [0, 0.05) is 24.8 Å². The third-order valence-corrected chi connectivity index (χ3v) is 15.6. The van der Waals surface area contributed by atoms with Crippen molar-refractivity contribution in [2.45, 2.75) is 152 Å². The Morgan fingerprint density at radius 1 is 1.06 bits per heavy atom. The second-order valence-corrected chi connectivity index (χ2v) is 21.2. The average Bonchev–Trinajstić information content (AvgIpc) is 4.00. The maximum absolute atomic E-state index is 16.5. The van der Waals surface area contributed by atoms with Crippen LogP contribution in [0.4, 0.5) is 22.4 Å². The van der Waals surface area contributed by atoms with Gasteiger partial charge in [-0.1, -0.05) is 34.1 Å². The van der Waals surface area contributed by atoms with Gasteiger partial charge in [0.1, 0.15) is 35.6 Å². The Balaban J connectivity index is 1.31. The Kier molecular flexibility index (Phi) is 12.2. The zero-order chi connectivity index (χ0) is 45.2. The van der Waals surface area contributed by atoms with E-state index >= 15 is 8.78 Å². The summed E-state index contributed by atoms with van der Waals surface area (Å²) in [5.41, 5.74) is -3.50. The second-order valence-electron chi connectivity index (χ2n) is 19.0. The van der Waals surface area contributed by atoms with E-state index in [4.69, 9.17) is 14.2 Å². The molecule has 5 aliphatic rings. The number of alkyl halides is 4. The SMILES string of the molecule is CC[C@@H]1[C@@H]2CN(C(=O)[C@H](C(C)(C)C)NC(=O)O[C@@H]3CCC(CCCC(F)(F)c4nc5ccc(OC)cc5nc4O2)C3)[C@@H]1C(=O)N[C@]1(C(=O)NS(=O)(=O)C2(C)CC2)C[C@H]1CC(F)F. The van der Waals surface area contributed by atoms with E-state index in [1.54, 1.807) is 33.8 Å². The third kappa shape index (κ3) is 8.98. The molecule has 1 aromatic carbocycles. The lowest BCUT2D eigenvalue weighted by Crippen LogP contribution is -2.61. The largest absolute Gasteiger partial charge is 0.497 e. The summed E-state index contributed by atoms with van der Waals surface area (Å²) in [5.74, 6) is -8.80. The van der Waals surface area contributed by atoms with Crippen molar-refractivity contribution in [1.29, 1.82) is 0 Å². The van der Waals surface area contributed by atoms with Crippen molar-refractivity contribution in [2.24, 2.45) is 23.2 Å². The van der Waals surface area contributed by atoms with E-state index in [1.807, 2.05) is 4.72 Å². The summed E-state index contributed by atoms with van der Waals surface area (Å²) in [5, 5.41) is 5.29. The zero-order valence-electron chi connectivity index (χ0n) is 35.8. The Morgan fingerprint density at radius 3 is 2.44 bits per heavy atom. The molecule has 3 N–H and O–H groups in total. The lowest BCUT2D eigenvalue weighted by Gasteiger charge is -2.36. The maximum atomic E-state index is 16.5. The van der Waals surface area contributed by atoms with Crippen molar-refractivity contribution in [3.8, 4) is 11.6 Å². The van der Waals surface area contributed by atoms with Crippen LogP contribution >= 0.6 is 0 Å². The number of rotatable bonds is 9. The van der Waals surface area contributed by atoms with Crippen LogP contribution < -0.4 is 24.8 Å². The fourth-order valence-electron chi connectivity index (χ4n) is 9.30. The number of carbonyl (C=O) groups excluding carboxylic acids is 4. The van der Waals surface area contributed by atoms with Crippen LogP contribution in [0.2, 0.25) is 0 Å². The number of nitrogens with zero attached hydrogens (tertiary/aromatic N) is 3. The van der Waals surface area contributed by atoms with Gasteiger partial charge in [-0.05, 0) is 87.7 Å². The minimum absolute atomic E-state index is 0.00831. The predicted molar refractivity (Wildman–Crippen MR) is 216 cm³/mol. The van der Waals surface area contributed by atoms with Crippen LogP contribution in [0.15, 0.2) is 18.2 Å². The van der Waals surface area contributed by atoms with E-state index in [2.05, 4.69) is 20.6 Å². The summed E-state index contributed by atoms with van der Waals surface area (Å²) in [6, 6.07) is 1.70. The minimum Gasteiger partial charge on any atom is -0.497 e. The summed E-state index contributed by atoms with van der Waals surface area (Å²) < 4.78 is 105. The molecule has 1 unspecified atom stereocenters. The van der Waals surface area contributed by atoms with Crippen LogP contribution in [0.5, 0.6) is 11.6 Å². The number of carbonyl (C=O) groups is 4. The number of amides is 4. The standard InChI is InChI=1S/C42H56F4N6O9S/c1-7-26-29-21-52(31(26)34(53)50-41(20-23(41)18-30(43)44)37(55)51-62(57,58)40(5)15-16-40)36(54)33(39(2,3)4)49-38(56)60-25-11-10-22(17-25)9-8-14-42(45,46)32-35(61-29)48-28-19-24(59-6)12-13-27(28)47-32/h12-13,19,22-23,25-26,29-31,33H,7-11,14-18,20-21H2,1-6H3,(H,49,56)(H,50,53)(H,51,55)/t22?,23-,25-,26-,29+,31+,33-,41-/m1/s1. The molecule has 3 saturated carbocycles. The monoisotopic (exact) mass is 896 g/mol. The topological polar surface area (TPSA) is 195 Å². The molecule has 4 fully saturated rings. The molecule has 1 saturated heterocycles. The molecule has 62 heavy (non-hydrogen) atoms. The Hall–Kier alpha value is -4.49. The molecule has 3 aliphatic carbocycles. The molecule has 2 aliphatic heterocycles. The predicted octanol–water partition coefficient (Wildman–Crippen LogP) is 5.74. The van der Waals surface area contributed by atoms with Gasteiger partial charge in [-0.3, -0.25) is 19.1 Å². The Bertz CT molecular complexity index is 2210. The number of benzene rings is 1. The van der Waals surface area contributed by atoms with Crippen molar-refractivity contribution in [3.63, 3.8) is 0 Å². The molecule has 15 nitrogen and oxygen atoms in total. The number of halogens is 4. The summed E-state index contributed by atoms with van der Waals surface area (Å²) in [7, 11) is -2.83. The Morgan fingerprint density at radius 2 is 1.79 bits per heavy atom. The molecular weight excluding hydrogens is 841 g/mol. The van der Waals surface area contributed by atoms with E-state index in [-0.39, 0.29) is 49.1 Å². The smallest absolute Gasteiger partial charge is 0.408 e. The number of methoxy groups -OCH3 is 1. The van der Waals surface area contributed by atoms with E-state index in [0.717, 1.165) is 4.90 Å². The molecule has 2 aromatic rings. The number of hydrogen-bond acceptors (Lipinski definition) is 11. The molecule has 8 atom stereocenters. The number of nitrogens with one attached hydrogen (secondary N) is 3. The molecule has 20 heteroatoms. The van der Waals surface area contributed by atoms with Gasteiger partial charge >= 0.3 is 6.09 Å². The van der Waals surface area contributed by atoms with Crippen molar-refractivity contribution < 1.29 is 59.4 Å². The van der Waals surface area contributed by atoms with Crippen LogP contribution in [0.3, 0.4) is 0 Å². The maximum Gasteiger partial charge on any atom is 0.408 e. The third-order valence-electron chi connectivity index (χ3n) is 13.5. The highest BCUT2D eigenvalue weighted by molar-refractivity contribution is 7.91. The van der Waals surface area contributed by atoms with Crippen LogP contribution in [-0.4, -0.2) is 102 Å². The van der Waals surface area contributed by atoms with E-state index in [9.17, 15) is 36.4 Å². The quantitative estimate of drug-likeness (QED) is 0.260. The Labute approximate surface area is 358 Å². The first-order valence-electron chi connectivity index (χ1n) is 21.4. The van der Waals surface area contributed by atoms with E-state index in [1.165, 1.54) is 26.2 Å². The molecule has 7 rings (SSSR count). The fourth-order valence-corrected chi connectivity index (χ4v) is 10.6. The number of aromatic nitrogens is 2. The van der Waals surface area contributed by atoms with Crippen molar-refractivity contribution >= 4 is 44.9 Å². The summed E-state index contributed by atoms with van der Waals surface area (Å²) >= 11 is 0. The lowest BCUT2D eigenvalue weighted by molar-refractivity contribution is -0.143. The molecule has 342 valence electrons. The van der Waals surface area contributed by atoms with Crippen molar-refractivity contribution in [3.05, 3.63) is 23.9 Å². The van der Waals surface area contributed by atoms with Gasteiger partial charge in [-0.2, -0.15) is 8.78 Å². The number of fused-ring (bicyclic) bond motifs is 6. The molecule has 3 heterocycles. The highest BCUT2D eigenvalue weighted by atomic mass is 32.2. The van der Waals surface area contributed by atoms with E-state index < -0.39 is 129 Å². The fraction of sp³-hybridized carbons (Fsp3) is 0.714. The first-order chi connectivity index (χ1) is 29.0. The van der Waals surface area contributed by atoms with Crippen molar-refractivity contribution in [2.75, 3.05) is 13.7 Å². The molecule has 4 amide bonds.